The van der Waals surface area contributed by atoms with E-state index >= 15 is 0 Å². The Hall–Kier alpha value is -2.80. The quantitative estimate of drug-likeness (QED) is 0.548. The number of benzene rings is 1. The van der Waals surface area contributed by atoms with Crippen molar-refractivity contribution in [1.29, 1.82) is 0 Å². The number of methoxy groups -OCH3 is 1. The summed E-state index contributed by atoms with van der Waals surface area (Å²) in [5, 5.41) is 14.9. The van der Waals surface area contributed by atoms with Gasteiger partial charge < -0.3 is 15.2 Å². The van der Waals surface area contributed by atoms with Crippen molar-refractivity contribution in [2.24, 2.45) is 0 Å². The Kier molecular flexibility index (Phi) is 6.67. The average Bonchev–Trinajstić information content (AvgIpc) is 3.08. The number of aliphatic hydroxyl groups excluding tert-OH is 1. The van der Waals surface area contributed by atoms with Crippen LogP contribution in [0.15, 0.2) is 60.8 Å². The second-order valence-electron chi connectivity index (χ2n) is 9.11. The SMILES string of the molecule is COc1ccc2nccc(C(O)CN3C4CCC3CC(NCC=Cc3ccccc3)C4)c2n1. The Morgan fingerprint density at radius 1 is 1.12 bits per heavy atom. The molecule has 0 aliphatic carbocycles. The van der Waals surface area contributed by atoms with Crippen molar-refractivity contribution in [2.45, 2.75) is 49.9 Å². The van der Waals surface area contributed by atoms with Crippen LogP contribution in [0.5, 0.6) is 5.88 Å². The van der Waals surface area contributed by atoms with Crippen LogP contribution < -0.4 is 10.1 Å². The number of rotatable bonds is 8. The number of nitrogens with one attached hydrogen (secondary N) is 1. The molecule has 0 saturated carbocycles. The summed E-state index contributed by atoms with van der Waals surface area (Å²) < 4.78 is 5.29. The first-order valence-electron chi connectivity index (χ1n) is 11.9. The molecule has 2 fully saturated rings. The fourth-order valence-electron chi connectivity index (χ4n) is 5.44. The van der Waals surface area contributed by atoms with Gasteiger partial charge in [-0.3, -0.25) is 9.88 Å². The first-order chi connectivity index (χ1) is 16.2. The third-order valence-corrected chi connectivity index (χ3v) is 7.06. The molecule has 2 aliphatic heterocycles. The number of pyridine rings is 2. The van der Waals surface area contributed by atoms with Gasteiger partial charge in [0.1, 0.15) is 0 Å². The van der Waals surface area contributed by atoms with Crippen LogP contribution in [-0.4, -0.2) is 58.3 Å². The fraction of sp³-hybridized carbons (Fsp3) is 0.407. The zero-order valence-electron chi connectivity index (χ0n) is 19.1. The number of aliphatic hydroxyl groups is 1. The Morgan fingerprint density at radius 3 is 2.67 bits per heavy atom. The molecule has 3 atom stereocenters. The number of hydrogen-bond acceptors (Lipinski definition) is 6. The van der Waals surface area contributed by atoms with Gasteiger partial charge in [0.2, 0.25) is 5.88 Å². The predicted molar refractivity (Wildman–Crippen MR) is 131 cm³/mol. The summed E-state index contributed by atoms with van der Waals surface area (Å²) in [5.41, 5.74) is 3.56. The third kappa shape index (κ3) is 4.93. The van der Waals surface area contributed by atoms with Gasteiger partial charge in [-0.2, -0.15) is 0 Å². The maximum atomic E-state index is 11.2. The van der Waals surface area contributed by atoms with E-state index in [1.807, 2.05) is 18.2 Å². The molecule has 2 N–H and O–H groups in total. The molecule has 3 unspecified atom stereocenters. The summed E-state index contributed by atoms with van der Waals surface area (Å²) >= 11 is 0. The van der Waals surface area contributed by atoms with Crippen molar-refractivity contribution < 1.29 is 9.84 Å². The van der Waals surface area contributed by atoms with Gasteiger partial charge in [0, 0.05) is 49.0 Å². The second-order valence-corrected chi connectivity index (χ2v) is 9.11. The van der Waals surface area contributed by atoms with E-state index in [4.69, 9.17) is 4.74 Å². The van der Waals surface area contributed by atoms with Gasteiger partial charge in [-0.15, -0.1) is 0 Å². The molecule has 2 aliphatic rings. The number of piperidine rings is 1. The van der Waals surface area contributed by atoms with Crippen LogP contribution in [0.1, 0.15) is 42.9 Å². The van der Waals surface area contributed by atoms with Crippen LogP contribution in [-0.2, 0) is 0 Å². The summed E-state index contributed by atoms with van der Waals surface area (Å²) in [5.74, 6) is 0.539. The zero-order chi connectivity index (χ0) is 22.6. The lowest BCUT2D eigenvalue weighted by Gasteiger charge is -2.40. The van der Waals surface area contributed by atoms with Gasteiger partial charge in [0.05, 0.1) is 24.2 Å². The number of nitrogens with zero attached hydrogens (tertiary/aromatic N) is 3. The molecule has 6 heteroatoms. The Bertz CT molecular complexity index is 1090. The minimum atomic E-state index is -0.600. The van der Waals surface area contributed by atoms with E-state index < -0.39 is 6.10 Å². The molecule has 2 bridgehead atoms. The van der Waals surface area contributed by atoms with E-state index in [9.17, 15) is 5.11 Å². The van der Waals surface area contributed by atoms with Gasteiger partial charge in [-0.1, -0.05) is 42.5 Å². The first-order valence-corrected chi connectivity index (χ1v) is 11.9. The highest BCUT2D eigenvalue weighted by Crippen LogP contribution is 2.37. The molecule has 172 valence electrons. The number of fused-ring (bicyclic) bond motifs is 3. The molecule has 1 aromatic carbocycles. The van der Waals surface area contributed by atoms with Crippen LogP contribution in [0.2, 0.25) is 0 Å². The molecule has 0 amide bonds. The van der Waals surface area contributed by atoms with E-state index in [1.165, 1.54) is 18.4 Å². The summed E-state index contributed by atoms with van der Waals surface area (Å²) in [6.45, 7) is 1.52. The van der Waals surface area contributed by atoms with Crippen molar-refractivity contribution in [2.75, 3.05) is 20.2 Å². The van der Waals surface area contributed by atoms with E-state index in [0.29, 0.717) is 30.6 Å². The Balaban J connectivity index is 1.20. The fourth-order valence-corrected chi connectivity index (χ4v) is 5.44. The minimum Gasteiger partial charge on any atom is -0.481 e. The zero-order valence-corrected chi connectivity index (χ0v) is 19.1. The summed E-state index contributed by atoms with van der Waals surface area (Å²) in [4.78, 5) is 11.5. The third-order valence-electron chi connectivity index (χ3n) is 7.06. The Labute approximate surface area is 195 Å². The minimum absolute atomic E-state index is 0.518. The molecule has 0 radical (unpaired) electrons. The van der Waals surface area contributed by atoms with Crippen LogP contribution in [0, 0.1) is 0 Å². The smallest absolute Gasteiger partial charge is 0.213 e. The van der Waals surface area contributed by atoms with Crippen molar-refractivity contribution in [3.63, 3.8) is 0 Å². The van der Waals surface area contributed by atoms with E-state index in [1.54, 1.807) is 19.4 Å². The van der Waals surface area contributed by atoms with Gasteiger partial charge in [-0.25, -0.2) is 4.98 Å². The predicted octanol–water partition coefficient (Wildman–Crippen LogP) is 3.97. The molecule has 0 spiro atoms. The average molecular weight is 445 g/mol. The van der Waals surface area contributed by atoms with Gasteiger partial charge in [0.25, 0.3) is 0 Å². The van der Waals surface area contributed by atoms with Crippen LogP contribution in [0.4, 0.5) is 0 Å². The molecule has 2 aromatic heterocycles. The van der Waals surface area contributed by atoms with Crippen molar-refractivity contribution in [3.8, 4) is 5.88 Å². The van der Waals surface area contributed by atoms with Crippen LogP contribution in [0.3, 0.4) is 0 Å². The molecule has 33 heavy (non-hydrogen) atoms. The second kappa shape index (κ2) is 10.00. The van der Waals surface area contributed by atoms with E-state index in [2.05, 4.69) is 56.6 Å². The van der Waals surface area contributed by atoms with Crippen LogP contribution in [0.25, 0.3) is 17.1 Å². The normalized spacial score (nSPS) is 23.9. The summed E-state index contributed by atoms with van der Waals surface area (Å²) in [6, 6.07) is 17.6. The topological polar surface area (TPSA) is 70.5 Å². The highest BCUT2D eigenvalue weighted by molar-refractivity contribution is 5.78. The van der Waals surface area contributed by atoms with Crippen LogP contribution >= 0.6 is 0 Å². The molecule has 6 nitrogen and oxygen atoms in total. The van der Waals surface area contributed by atoms with E-state index in [-0.39, 0.29) is 0 Å². The Morgan fingerprint density at radius 2 is 1.91 bits per heavy atom. The lowest BCUT2D eigenvalue weighted by atomic mass is 9.96. The monoisotopic (exact) mass is 444 g/mol. The number of aromatic nitrogens is 2. The summed E-state index contributed by atoms with van der Waals surface area (Å²) in [7, 11) is 1.61. The molecule has 5 rings (SSSR count). The van der Waals surface area contributed by atoms with Gasteiger partial charge in [-0.05, 0) is 43.4 Å². The largest absolute Gasteiger partial charge is 0.481 e. The number of ether oxygens (including phenoxy) is 1. The highest BCUT2D eigenvalue weighted by Gasteiger charge is 2.41. The lowest BCUT2D eigenvalue weighted by Crippen LogP contribution is -2.50. The lowest BCUT2D eigenvalue weighted by molar-refractivity contribution is 0.0528. The van der Waals surface area contributed by atoms with Crippen molar-refractivity contribution in [1.82, 2.24) is 20.2 Å². The van der Waals surface area contributed by atoms with E-state index in [0.717, 1.165) is 36.0 Å². The molecule has 4 heterocycles. The standard InChI is InChI=1S/C27H32N4O2/c1-33-26-12-11-24-27(30-26)23(13-15-29-24)25(32)18-31-21-9-10-22(31)17-20(16-21)28-14-5-8-19-6-3-2-4-7-19/h2-8,11-13,15,20-22,25,28,32H,9-10,14,16-18H2,1H3. The molecule has 2 saturated heterocycles. The molecule has 3 aromatic rings. The summed E-state index contributed by atoms with van der Waals surface area (Å²) in [6.07, 6.45) is 10.2. The van der Waals surface area contributed by atoms with Gasteiger partial charge >= 0.3 is 0 Å². The highest BCUT2D eigenvalue weighted by atomic mass is 16.5. The first kappa shape index (κ1) is 22.0. The number of hydrogen-bond donors (Lipinski definition) is 2. The van der Waals surface area contributed by atoms with Gasteiger partial charge in [0.15, 0.2) is 0 Å². The maximum Gasteiger partial charge on any atom is 0.213 e. The van der Waals surface area contributed by atoms with Crippen molar-refractivity contribution in [3.05, 3.63) is 71.9 Å². The molecular weight excluding hydrogens is 412 g/mol. The molecular formula is C27H32N4O2. The van der Waals surface area contributed by atoms with Crippen molar-refractivity contribution >= 4 is 17.1 Å². The maximum absolute atomic E-state index is 11.2.